The van der Waals surface area contributed by atoms with Crippen LogP contribution in [0.4, 0.5) is 0 Å². The Bertz CT molecular complexity index is 1550. The Balaban J connectivity index is 1.55. The van der Waals surface area contributed by atoms with Gasteiger partial charge in [0, 0.05) is 32.2 Å². The average Bonchev–Trinajstić information content (AvgIpc) is 3.61. The van der Waals surface area contributed by atoms with E-state index in [1.165, 1.54) is 10.1 Å². The molecule has 3 heterocycles. The van der Waals surface area contributed by atoms with Crippen LogP contribution in [0.15, 0.2) is 90.3 Å². The third-order valence-corrected chi connectivity index (χ3v) is 8.54. The lowest BCUT2D eigenvalue weighted by molar-refractivity contribution is 0.428. The number of fused-ring (bicyclic) bond motifs is 1. The zero-order chi connectivity index (χ0) is 22.2. The molecule has 3 aromatic heterocycles. The number of hydrogen-bond acceptors (Lipinski definition) is 6. The van der Waals surface area contributed by atoms with Gasteiger partial charge in [0.1, 0.15) is 15.7 Å². The minimum atomic E-state index is 0.817. The molecule has 0 radical (unpaired) electrons. The third kappa shape index (κ3) is 3.66. The van der Waals surface area contributed by atoms with Gasteiger partial charge in [0.15, 0.2) is 0 Å². The van der Waals surface area contributed by atoms with Crippen molar-refractivity contribution < 1.29 is 4.74 Å². The Labute approximate surface area is 203 Å². The maximum Gasteiger partial charge on any atom is 0.202 e. The van der Waals surface area contributed by atoms with Crippen molar-refractivity contribution in [1.29, 1.82) is 0 Å². The number of thiazole rings is 2. The second-order valence-electron chi connectivity index (χ2n) is 7.43. The number of ether oxygens (including phenoxy) is 1. The number of nitrogens with zero attached hydrogens (tertiary/aromatic N) is 2. The van der Waals surface area contributed by atoms with Crippen molar-refractivity contribution in [3.8, 4) is 48.0 Å². The minimum Gasteiger partial charge on any atom is -0.486 e. The van der Waals surface area contributed by atoms with E-state index in [0.29, 0.717) is 0 Å². The van der Waals surface area contributed by atoms with Gasteiger partial charge in [-0.2, -0.15) is 0 Å². The second-order valence-corrected chi connectivity index (χ2v) is 10.3. The van der Waals surface area contributed by atoms with Gasteiger partial charge in [-0.25, -0.2) is 9.97 Å². The van der Waals surface area contributed by atoms with Crippen LogP contribution in [-0.2, 0) is 0 Å². The highest BCUT2D eigenvalue weighted by molar-refractivity contribution is 7.23. The van der Waals surface area contributed by atoms with Gasteiger partial charge in [-0.1, -0.05) is 90.2 Å². The van der Waals surface area contributed by atoms with Crippen molar-refractivity contribution in [2.75, 3.05) is 7.11 Å². The van der Waals surface area contributed by atoms with Crippen LogP contribution < -0.4 is 4.74 Å². The molecular formula is C27H18N2OS3. The molecule has 0 atom stereocenters. The molecular weight excluding hydrogens is 465 g/mol. The predicted octanol–water partition coefficient (Wildman–Crippen LogP) is 8.49. The fourth-order valence-corrected chi connectivity index (χ4v) is 6.81. The largest absolute Gasteiger partial charge is 0.486 e. The van der Waals surface area contributed by atoms with Crippen LogP contribution in [0, 0.1) is 0 Å². The van der Waals surface area contributed by atoms with Crippen LogP contribution in [0.1, 0.15) is 0 Å². The third-order valence-electron chi connectivity index (χ3n) is 5.39. The first-order valence-corrected chi connectivity index (χ1v) is 13.0. The Kier molecular flexibility index (Phi) is 5.26. The van der Waals surface area contributed by atoms with E-state index in [-0.39, 0.29) is 0 Å². The maximum absolute atomic E-state index is 5.83. The summed E-state index contributed by atoms with van der Waals surface area (Å²) in [5.41, 5.74) is 5.17. The summed E-state index contributed by atoms with van der Waals surface area (Å²) in [4.78, 5) is 11.2. The molecule has 0 unspecified atom stereocenters. The van der Waals surface area contributed by atoms with Crippen molar-refractivity contribution in [2.24, 2.45) is 0 Å². The number of benzene rings is 3. The first kappa shape index (κ1) is 20.3. The second kappa shape index (κ2) is 8.56. The van der Waals surface area contributed by atoms with Crippen molar-refractivity contribution in [3.63, 3.8) is 0 Å². The number of methoxy groups -OCH3 is 1. The topological polar surface area (TPSA) is 35.0 Å². The van der Waals surface area contributed by atoms with Crippen molar-refractivity contribution in [3.05, 3.63) is 90.3 Å². The molecule has 0 N–H and O–H groups in total. The Morgan fingerprint density at radius 2 is 1.36 bits per heavy atom. The predicted molar refractivity (Wildman–Crippen MR) is 141 cm³/mol. The molecule has 3 aromatic carbocycles. The summed E-state index contributed by atoms with van der Waals surface area (Å²) < 4.78 is 7.04. The summed E-state index contributed by atoms with van der Waals surface area (Å²) in [6, 6.07) is 29.1. The molecule has 0 bridgehead atoms. The van der Waals surface area contributed by atoms with Crippen LogP contribution >= 0.6 is 34.0 Å². The first-order chi connectivity index (χ1) is 16.3. The lowest BCUT2D eigenvalue weighted by atomic mass is 10.1. The van der Waals surface area contributed by atoms with Crippen LogP contribution in [0.5, 0.6) is 5.06 Å². The number of hydrogen-bond donors (Lipinski definition) is 0. The standard InChI is InChI=1S/C27H18N2OS3/c1-30-27-23(29-26(33-27)18-12-6-3-7-13-18)22-19-14-8-9-15-21(19)32-24(22)20-16-31-25(28-20)17-10-4-2-5-11-17/h2-16H,1H3. The SMILES string of the molecule is COc1sc(-c2ccccc2)nc1-c1c(-c2csc(-c3ccccc3)n2)sc2ccccc12. The summed E-state index contributed by atoms with van der Waals surface area (Å²) in [5, 5.41) is 6.11. The van der Waals surface area contributed by atoms with Crippen molar-refractivity contribution >= 4 is 44.1 Å². The molecule has 6 rings (SSSR count). The zero-order valence-electron chi connectivity index (χ0n) is 17.7. The zero-order valence-corrected chi connectivity index (χ0v) is 20.1. The molecule has 3 nitrogen and oxygen atoms in total. The van der Waals surface area contributed by atoms with E-state index in [2.05, 4.69) is 53.9 Å². The quantitative estimate of drug-likeness (QED) is 0.247. The van der Waals surface area contributed by atoms with Gasteiger partial charge < -0.3 is 4.74 Å². The normalized spacial score (nSPS) is 11.2. The Morgan fingerprint density at radius 1 is 0.697 bits per heavy atom. The van der Waals surface area contributed by atoms with E-state index in [0.717, 1.165) is 48.0 Å². The minimum absolute atomic E-state index is 0.817. The highest BCUT2D eigenvalue weighted by Crippen LogP contribution is 2.50. The van der Waals surface area contributed by atoms with Gasteiger partial charge in [-0.05, 0) is 6.07 Å². The Morgan fingerprint density at radius 3 is 2.09 bits per heavy atom. The lowest BCUT2D eigenvalue weighted by Crippen LogP contribution is -1.87. The molecule has 0 saturated carbocycles. The molecule has 160 valence electrons. The molecule has 0 amide bonds. The van der Waals surface area contributed by atoms with E-state index in [4.69, 9.17) is 14.7 Å². The van der Waals surface area contributed by atoms with Crippen LogP contribution in [-0.4, -0.2) is 17.1 Å². The fourth-order valence-electron chi connectivity index (χ4n) is 3.86. The van der Waals surface area contributed by atoms with E-state index in [1.807, 2.05) is 36.4 Å². The number of aromatic nitrogens is 2. The summed E-state index contributed by atoms with van der Waals surface area (Å²) >= 11 is 5.01. The van der Waals surface area contributed by atoms with Gasteiger partial charge >= 0.3 is 0 Å². The average molecular weight is 483 g/mol. The van der Waals surface area contributed by atoms with E-state index in [1.54, 1.807) is 41.1 Å². The monoisotopic (exact) mass is 482 g/mol. The van der Waals surface area contributed by atoms with Gasteiger partial charge in [0.05, 0.1) is 17.7 Å². The summed E-state index contributed by atoms with van der Waals surface area (Å²) in [6.45, 7) is 0. The molecule has 0 aliphatic heterocycles. The number of rotatable bonds is 5. The molecule has 0 aliphatic carbocycles. The Hall–Kier alpha value is -3.32. The summed E-state index contributed by atoms with van der Waals surface area (Å²) in [6.07, 6.45) is 0. The first-order valence-electron chi connectivity index (χ1n) is 10.5. The summed E-state index contributed by atoms with van der Waals surface area (Å²) in [7, 11) is 1.72. The van der Waals surface area contributed by atoms with E-state index in [9.17, 15) is 0 Å². The number of thiophene rings is 1. The molecule has 0 saturated heterocycles. The van der Waals surface area contributed by atoms with Crippen LogP contribution in [0.2, 0.25) is 0 Å². The van der Waals surface area contributed by atoms with Crippen LogP contribution in [0.25, 0.3) is 53.1 Å². The molecule has 0 spiro atoms. The van der Waals surface area contributed by atoms with Crippen molar-refractivity contribution in [2.45, 2.75) is 0 Å². The van der Waals surface area contributed by atoms with Gasteiger partial charge in [0.25, 0.3) is 0 Å². The van der Waals surface area contributed by atoms with Gasteiger partial charge in [-0.3, -0.25) is 0 Å². The highest BCUT2D eigenvalue weighted by Gasteiger charge is 2.24. The molecule has 0 fully saturated rings. The molecule has 33 heavy (non-hydrogen) atoms. The lowest BCUT2D eigenvalue weighted by Gasteiger charge is -2.03. The van der Waals surface area contributed by atoms with E-state index < -0.39 is 0 Å². The van der Waals surface area contributed by atoms with E-state index >= 15 is 0 Å². The van der Waals surface area contributed by atoms with Gasteiger partial charge in [0.2, 0.25) is 5.06 Å². The smallest absolute Gasteiger partial charge is 0.202 e. The molecule has 0 aliphatic rings. The van der Waals surface area contributed by atoms with Gasteiger partial charge in [-0.15, -0.1) is 22.7 Å². The molecule has 6 heteroatoms. The summed E-state index contributed by atoms with van der Waals surface area (Å²) in [5.74, 6) is 0. The molecule has 6 aromatic rings. The maximum atomic E-state index is 5.83. The highest BCUT2D eigenvalue weighted by atomic mass is 32.1. The fraction of sp³-hybridized carbons (Fsp3) is 0.0370. The van der Waals surface area contributed by atoms with Crippen molar-refractivity contribution in [1.82, 2.24) is 9.97 Å². The van der Waals surface area contributed by atoms with Crippen LogP contribution in [0.3, 0.4) is 0 Å².